The number of hydrogen-bond acceptors (Lipinski definition) is 3. The van der Waals surface area contributed by atoms with Crippen LogP contribution in [0.3, 0.4) is 0 Å². The Bertz CT molecular complexity index is 974. The molecule has 0 radical (unpaired) electrons. The molecule has 0 saturated heterocycles. The maximum atomic E-state index is 4.57. The molecule has 2 aliphatic rings. The summed E-state index contributed by atoms with van der Waals surface area (Å²) in [6.07, 6.45) is 10.9. The predicted molar refractivity (Wildman–Crippen MR) is 150 cm³/mol. The molecule has 0 atom stereocenters. The van der Waals surface area contributed by atoms with Gasteiger partial charge in [-0.15, -0.1) is 0 Å². The minimum atomic E-state index is -0.0613. The van der Waals surface area contributed by atoms with Crippen LogP contribution in [0.15, 0.2) is 81.9 Å². The topological polar surface area (TPSA) is 36.1 Å². The van der Waals surface area contributed by atoms with E-state index in [1.54, 1.807) is 0 Å². The van der Waals surface area contributed by atoms with Crippen molar-refractivity contribution in [1.82, 2.24) is 16.0 Å². The number of rotatable bonds is 9. The number of nitrogens with one attached hydrogen (secondary N) is 3. The van der Waals surface area contributed by atoms with Crippen LogP contribution in [0.4, 0.5) is 0 Å². The first-order chi connectivity index (χ1) is 15.6. The normalized spacial score (nSPS) is 21.0. The van der Waals surface area contributed by atoms with E-state index < -0.39 is 0 Å². The lowest BCUT2D eigenvalue weighted by Gasteiger charge is -2.41. The Labute approximate surface area is 209 Å². The summed E-state index contributed by atoms with van der Waals surface area (Å²) in [5.74, 6) is 0. The second-order valence-corrected chi connectivity index (χ2v) is 11.7. The SMILES string of the molecule is C=C(/C=C(CC1=C(C)C=C(C)NC1=C)\C(CCC)=C(/C)NC(C)C)C1=CC(C)(C)NC(C)(C)C1. The molecule has 2 rings (SSSR count). The van der Waals surface area contributed by atoms with Crippen molar-refractivity contribution in [1.29, 1.82) is 0 Å². The van der Waals surface area contributed by atoms with E-state index in [0.29, 0.717) is 6.04 Å². The van der Waals surface area contributed by atoms with Gasteiger partial charge in [-0.25, -0.2) is 0 Å². The molecule has 0 bridgehead atoms. The van der Waals surface area contributed by atoms with Crippen LogP contribution in [0.1, 0.15) is 94.9 Å². The maximum absolute atomic E-state index is 4.57. The maximum Gasteiger partial charge on any atom is 0.0347 e. The average Bonchev–Trinajstić information content (AvgIpc) is 2.64. The first kappa shape index (κ1) is 28.0. The van der Waals surface area contributed by atoms with Crippen LogP contribution in [0.2, 0.25) is 0 Å². The molecule has 0 aromatic carbocycles. The largest absolute Gasteiger partial charge is 0.386 e. The van der Waals surface area contributed by atoms with Gasteiger partial charge in [0.15, 0.2) is 0 Å². The summed E-state index contributed by atoms with van der Waals surface area (Å²) in [5.41, 5.74) is 11.1. The highest BCUT2D eigenvalue weighted by Crippen LogP contribution is 2.36. The lowest BCUT2D eigenvalue weighted by molar-refractivity contribution is 0.285. The van der Waals surface area contributed by atoms with E-state index in [4.69, 9.17) is 0 Å². The van der Waals surface area contributed by atoms with Crippen LogP contribution in [-0.4, -0.2) is 17.1 Å². The highest BCUT2D eigenvalue weighted by atomic mass is 15.0. The summed E-state index contributed by atoms with van der Waals surface area (Å²) in [6.45, 7) is 31.1. The van der Waals surface area contributed by atoms with Gasteiger partial charge in [0.25, 0.3) is 0 Å². The van der Waals surface area contributed by atoms with E-state index in [1.165, 1.54) is 33.6 Å². The van der Waals surface area contributed by atoms with Gasteiger partial charge in [0.05, 0.1) is 0 Å². The Balaban J connectivity index is 2.61. The third kappa shape index (κ3) is 7.63. The lowest BCUT2D eigenvalue weighted by atomic mass is 9.80. The Hall–Kier alpha value is -2.26. The fourth-order valence-electron chi connectivity index (χ4n) is 5.46. The molecule has 2 aliphatic heterocycles. The Morgan fingerprint density at radius 3 is 2.38 bits per heavy atom. The van der Waals surface area contributed by atoms with Crippen molar-refractivity contribution in [3.05, 3.63) is 81.9 Å². The third-order valence-corrected chi connectivity index (χ3v) is 6.42. The summed E-state index contributed by atoms with van der Waals surface area (Å²) in [7, 11) is 0. The molecule has 0 unspecified atom stereocenters. The Morgan fingerprint density at radius 2 is 1.85 bits per heavy atom. The zero-order chi connectivity index (χ0) is 25.8. The summed E-state index contributed by atoms with van der Waals surface area (Å²) in [5, 5.41) is 10.9. The standard InChI is InChI=1S/C31H49N3/c1-13-14-28(24(7)32-20(2)3)26(17-29-22(5)15-23(6)33-25(29)8)16-21(4)27-18-30(9,10)34-31(11,12)19-27/h15-16,18,20,32-34H,4,8,13-14,17,19H2,1-3,5-7,9-12H3/b26-16-,28-24+. The number of allylic oxidation sites excluding steroid dienone is 9. The molecular weight excluding hydrogens is 414 g/mol. The quantitative estimate of drug-likeness (QED) is 0.306. The number of dihydropyridines is 1. The third-order valence-electron chi connectivity index (χ3n) is 6.42. The smallest absolute Gasteiger partial charge is 0.0347 e. The monoisotopic (exact) mass is 463 g/mol. The molecule has 188 valence electrons. The molecule has 0 saturated carbocycles. The molecule has 0 aliphatic carbocycles. The molecule has 0 spiro atoms. The second-order valence-electron chi connectivity index (χ2n) is 11.7. The van der Waals surface area contributed by atoms with Gasteiger partial charge in [-0.05, 0) is 115 Å². The van der Waals surface area contributed by atoms with Crippen molar-refractivity contribution >= 4 is 0 Å². The minimum Gasteiger partial charge on any atom is -0.386 e. The molecule has 2 heterocycles. The summed E-state index contributed by atoms with van der Waals surface area (Å²) in [6, 6.07) is 0.392. The van der Waals surface area contributed by atoms with Crippen molar-refractivity contribution in [2.45, 2.75) is 112 Å². The van der Waals surface area contributed by atoms with Crippen LogP contribution in [0.25, 0.3) is 0 Å². The van der Waals surface area contributed by atoms with Crippen LogP contribution in [-0.2, 0) is 0 Å². The molecule has 0 aromatic heterocycles. The first-order valence-corrected chi connectivity index (χ1v) is 12.9. The van der Waals surface area contributed by atoms with E-state index in [0.717, 1.165) is 42.7 Å². The molecular formula is C31H49N3. The van der Waals surface area contributed by atoms with Gasteiger partial charge in [-0.3, -0.25) is 0 Å². The van der Waals surface area contributed by atoms with Gasteiger partial charge < -0.3 is 16.0 Å². The van der Waals surface area contributed by atoms with Crippen molar-refractivity contribution in [3.8, 4) is 0 Å². The van der Waals surface area contributed by atoms with Crippen molar-refractivity contribution in [3.63, 3.8) is 0 Å². The van der Waals surface area contributed by atoms with Gasteiger partial charge in [0.1, 0.15) is 0 Å². The summed E-state index contributed by atoms with van der Waals surface area (Å²) >= 11 is 0. The molecule has 0 aromatic rings. The molecule has 34 heavy (non-hydrogen) atoms. The average molecular weight is 464 g/mol. The summed E-state index contributed by atoms with van der Waals surface area (Å²) < 4.78 is 0. The van der Waals surface area contributed by atoms with E-state index in [2.05, 4.69) is 117 Å². The molecule has 3 nitrogen and oxygen atoms in total. The molecule has 3 N–H and O–H groups in total. The zero-order valence-electron chi connectivity index (χ0n) is 23.6. The van der Waals surface area contributed by atoms with Gasteiger partial charge in [0.2, 0.25) is 0 Å². The van der Waals surface area contributed by atoms with Crippen LogP contribution >= 0.6 is 0 Å². The zero-order valence-corrected chi connectivity index (χ0v) is 23.6. The summed E-state index contributed by atoms with van der Waals surface area (Å²) in [4.78, 5) is 0. The van der Waals surface area contributed by atoms with E-state index in [-0.39, 0.29) is 11.1 Å². The fraction of sp³-hybridized carbons (Fsp3) is 0.548. The Morgan fingerprint density at radius 1 is 1.21 bits per heavy atom. The van der Waals surface area contributed by atoms with E-state index in [1.807, 2.05) is 0 Å². The van der Waals surface area contributed by atoms with Gasteiger partial charge >= 0.3 is 0 Å². The van der Waals surface area contributed by atoms with E-state index >= 15 is 0 Å². The highest BCUT2D eigenvalue weighted by molar-refractivity contribution is 5.53. The Kier molecular flexibility index (Phi) is 9.04. The van der Waals surface area contributed by atoms with Gasteiger partial charge in [-0.1, -0.05) is 38.7 Å². The molecule has 0 fully saturated rings. The molecule has 3 heteroatoms. The number of hydrogen-bond donors (Lipinski definition) is 3. The second kappa shape index (κ2) is 11.0. The first-order valence-electron chi connectivity index (χ1n) is 12.9. The lowest BCUT2D eigenvalue weighted by Crippen LogP contribution is -2.54. The van der Waals surface area contributed by atoms with E-state index in [9.17, 15) is 0 Å². The van der Waals surface area contributed by atoms with Crippen molar-refractivity contribution in [2.24, 2.45) is 0 Å². The predicted octanol–water partition coefficient (Wildman–Crippen LogP) is 7.75. The highest BCUT2D eigenvalue weighted by Gasteiger charge is 2.32. The van der Waals surface area contributed by atoms with Crippen LogP contribution < -0.4 is 16.0 Å². The van der Waals surface area contributed by atoms with Crippen LogP contribution in [0, 0.1) is 0 Å². The van der Waals surface area contributed by atoms with Gasteiger partial charge in [0, 0.05) is 40.6 Å². The fourth-order valence-corrected chi connectivity index (χ4v) is 5.46. The van der Waals surface area contributed by atoms with Gasteiger partial charge in [-0.2, -0.15) is 0 Å². The minimum absolute atomic E-state index is 0.0325. The van der Waals surface area contributed by atoms with Crippen molar-refractivity contribution in [2.75, 3.05) is 0 Å². The van der Waals surface area contributed by atoms with Crippen molar-refractivity contribution < 1.29 is 0 Å². The molecule has 0 amide bonds. The van der Waals surface area contributed by atoms with Crippen LogP contribution in [0.5, 0.6) is 0 Å².